The first-order valence-electron chi connectivity index (χ1n) is 6.20. The Bertz CT molecular complexity index is 391. The van der Waals surface area contributed by atoms with Crippen molar-refractivity contribution >= 4 is 11.6 Å². The maximum Gasteiger partial charge on any atom is 0.238 e. The number of methoxy groups -OCH3 is 1. The molecular formula is C14H22N2O2. The SMILES string of the molecule is COCCCNCC(=O)Nc1ccc(C)cc1C. The molecule has 0 radical (unpaired) electrons. The van der Waals surface area contributed by atoms with Crippen LogP contribution in [-0.4, -0.2) is 32.7 Å². The maximum absolute atomic E-state index is 11.7. The fraction of sp³-hybridized carbons (Fsp3) is 0.500. The Morgan fingerprint density at radius 3 is 2.78 bits per heavy atom. The van der Waals surface area contributed by atoms with Gasteiger partial charge in [0.05, 0.1) is 6.54 Å². The van der Waals surface area contributed by atoms with Crippen LogP contribution in [0.4, 0.5) is 5.69 Å². The van der Waals surface area contributed by atoms with Crippen LogP contribution in [0.2, 0.25) is 0 Å². The van der Waals surface area contributed by atoms with Gasteiger partial charge >= 0.3 is 0 Å². The van der Waals surface area contributed by atoms with Gasteiger partial charge in [0, 0.05) is 19.4 Å². The molecule has 4 nitrogen and oxygen atoms in total. The van der Waals surface area contributed by atoms with Gasteiger partial charge in [-0.25, -0.2) is 0 Å². The zero-order chi connectivity index (χ0) is 13.4. The second-order valence-corrected chi connectivity index (χ2v) is 4.39. The summed E-state index contributed by atoms with van der Waals surface area (Å²) in [5.74, 6) is -0.0145. The number of hydrogen-bond donors (Lipinski definition) is 2. The summed E-state index contributed by atoms with van der Waals surface area (Å²) < 4.78 is 4.93. The normalized spacial score (nSPS) is 10.4. The molecular weight excluding hydrogens is 228 g/mol. The molecule has 1 amide bonds. The van der Waals surface area contributed by atoms with E-state index in [1.165, 1.54) is 5.56 Å². The Morgan fingerprint density at radius 2 is 2.11 bits per heavy atom. The van der Waals surface area contributed by atoms with E-state index in [9.17, 15) is 4.79 Å². The monoisotopic (exact) mass is 250 g/mol. The zero-order valence-corrected chi connectivity index (χ0v) is 11.4. The standard InChI is InChI=1S/C14H22N2O2/c1-11-5-6-13(12(2)9-11)16-14(17)10-15-7-4-8-18-3/h5-6,9,15H,4,7-8,10H2,1-3H3,(H,16,17). The fourth-order valence-electron chi connectivity index (χ4n) is 1.69. The summed E-state index contributed by atoms with van der Waals surface area (Å²) in [6.45, 7) is 5.86. The van der Waals surface area contributed by atoms with Crippen molar-refractivity contribution in [3.63, 3.8) is 0 Å². The molecule has 100 valence electrons. The summed E-state index contributed by atoms with van der Waals surface area (Å²) in [6, 6.07) is 5.99. The van der Waals surface area contributed by atoms with Gasteiger partial charge in [-0.05, 0) is 38.4 Å². The first-order chi connectivity index (χ1) is 8.63. The Balaban J connectivity index is 2.31. The van der Waals surface area contributed by atoms with Crippen molar-refractivity contribution in [2.75, 3.05) is 32.1 Å². The lowest BCUT2D eigenvalue weighted by Crippen LogP contribution is -2.29. The summed E-state index contributed by atoms with van der Waals surface area (Å²) in [5, 5.41) is 5.97. The summed E-state index contributed by atoms with van der Waals surface area (Å²) in [4.78, 5) is 11.7. The average Bonchev–Trinajstić information content (AvgIpc) is 2.32. The van der Waals surface area contributed by atoms with E-state index < -0.39 is 0 Å². The summed E-state index contributed by atoms with van der Waals surface area (Å²) in [7, 11) is 1.67. The molecule has 0 saturated carbocycles. The summed E-state index contributed by atoms with van der Waals surface area (Å²) >= 11 is 0. The minimum atomic E-state index is -0.0145. The van der Waals surface area contributed by atoms with Crippen LogP contribution in [0.15, 0.2) is 18.2 Å². The molecule has 1 aromatic carbocycles. The van der Waals surface area contributed by atoms with Crippen molar-refractivity contribution in [1.29, 1.82) is 0 Å². The number of carbonyl (C=O) groups is 1. The van der Waals surface area contributed by atoms with E-state index in [2.05, 4.69) is 16.7 Å². The highest BCUT2D eigenvalue weighted by atomic mass is 16.5. The van der Waals surface area contributed by atoms with E-state index in [4.69, 9.17) is 4.74 Å². The Kier molecular flexibility index (Phi) is 6.39. The summed E-state index contributed by atoms with van der Waals surface area (Å²) in [5.41, 5.74) is 3.16. The molecule has 1 aromatic rings. The number of nitrogens with one attached hydrogen (secondary N) is 2. The third-order valence-corrected chi connectivity index (χ3v) is 2.64. The molecule has 1 rings (SSSR count). The van der Waals surface area contributed by atoms with E-state index in [1.807, 2.05) is 26.0 Å². The van der Waals surface area contributed by atoms with Crippen LogP contribution in [0.3, 0.4) is 0 Å². The lowest BCUT2D eigenvalue weighted by Gasteiger charge is -2.09. The zero-order valence-electron chi connectivity index (χ0n) is 11.4. The van der Waals surface area contributed by atoms with Crippen molar-refractivity contribution in [3.05, 3.63) is 29.3 Å². The third-order valence-electron chi connectivity index (χ3n) is 2.64. The highest BCUT2D eigenvalue weighted by molar-refractivity contribution is 5.92. The van der Waals surface area contributed by atoms with Crippen LogP contribution in [0.25, 0.3) is 0 Å². The predicted octanol–water partition coefficient (Wildman–Crippen LogP) is 1.87. The molecule has 0 atom stereocenters. The molecule has 0 unspecified atom stereocenters. The van der Waals surface area contributed by atoms with Crippen LogP contribution in [0.1, 0.15) is 17.5 Å². The molecule has 0 aliphatic carbocycles. The molecule has 0 spiro atoms. The molecule has 0 bridgehead atoms. The largest absolute Gasteiger partial charge is 0.385 e. The Hall–Kier alpha value is -1.39. The van der Waals surface area contributed by atoms with Gasteiger partial charge in [0.1, 0.15) is 0 Å². The second-order valence-electron chi connectivity index (χ2n) is 4.39. The number of rotatable bonds is 7. The van der Waals surface area contributed by atoms with Gasteiger partial charge in [-0.3, -0.25) is 4.79 Å². The quantitative estimate of drug-likeness (QED) is 0.726. The Morgan fingerprint density at radius 1 is 1.33 bits per heavy atom. The molecule has 0 fully saturated rings. The molecule has 0 aliphatic heterocycles. The first kappa shape index (κ1) is 14.7. The van der Waals surface area contributed by atoms with Crippen molar-refractivity contribution in [3.8, 4) is 0 Å². The fourth-order valence-corrected chi connectivity index (χ4v) is 1.69. The number of amides is 1. The molecule has 0 aliphatic rings. The van der Waals surface area contributed by atoms with E-state index in [1.54, 1.807) is 7.11 Å². The van der Waals surface area contributed by atoms with Crippen LogP contribution in [-0.2, 0) is 9.53 Å². The smallest absolute Gasteiger partial charge is 0.238 e. The number of ether oxygens (including phenoxy) is 1. The second kappa shape index (κ2) is 7.84. The highest BCUT2D eigenvalue weighted by Crippen LogP contribution is 2.15. The van der Waals surface area contributed by atoms with Gasteiger partial charge in [-0.15, -0.1) is 0 Å². The van der Waals surface area contributed by atoms with Crippen LogP contribution in [0, 0.1) is 13.8 Å². The number of anilines is 1. The minimum absolute atomic E-state index is 0.0145. The van der Waals surface area contributed by atoms with Crippen LogP contribution >= 0.6 is 0 Å². The molecule has 2 N–H and O–H groups in total. The van der Waals surface area contributed by atoms with Crippen LogP contribution < -0.4 is 10.6 Å². The number of carbonyl (C=O) groups excluding carboxylic acids is 1. The van der Waals surface area contributed by atoms with Gasteiger partial charge in [-0.1, -0.05) is 17.7 Å². The predicted molar refractivity (Wildman–Crippen MR) is 73.9 cm³/mol. The van der Waals surface area contributed by atoms with Crippen molar-refractivity contribution in [2.24, 2.45) is 0 Å². The van der Waals surface area contributed by atoms with E-state index in [0.717, 1.165) is 24.2 Å². The maximum atomic E-state index is 11.7. The highest BCUT2D eigenvalue weighted by Gasteiger charge is 2.04. The molecule has 18 heavy (non-hydrogen) atoms. The molecule has 4 heteroatoms. The molecule has 0 saturated heterocycles. The first-order valence-corrected chi connectivity index (χ1v) is 6.20. The summed E-state index contributed by atoms with van der Waals surface area (Å²) in [6.07, 6.45) is 0.910. The number of hydrogen-bond acceptors (Lipinski definition) is 3. The minimum Gasteiger partial charge on any atom is -0.385 e. The van der Waals surface area contributed by atoms with Crippen molar-refractivity contribution in [2.45, 2.75) is 20.3 Å². The lowest BCUT2D eigenvalue weighted by atomic mass is 10.1. The van der Waals surface area contributed by atoms with Crippen LogP contribution in [0.5, 0.6) is 0 Å². The van der Waals surface area contributed by atoms with Gasteiger partial charge in [0.2, 0.25) is 5.91 Å². The van der Waals surface area contributed by atoms with E-state index in [0.29, 0.717) is 13.2 Å². The number of aryl methyl sites for hydroxylation is 2. The van der Waals surface area contributed by atoms with Gasteiger partial charge in [-0.2, -0.15) is 0 Å². The van der Waals surface area contributed by atoms with Gasteiger partial charge in [0.25, 0.3) is 0 Å². The molecule has 0 aromatic heterocycles. The van der Waals surface area contributed by atoms with Gasteiger partial charge < -0.3 is 15.4 Å². The topological polar surface area (TPSA) is 50.4 Å². The van der Waals surface area contributed by atoms with E-state index in [-0.39, 0.29) is 5.91 Å². The third kappa shape index (κ3) is 5.29. The average molecular weight is 250 g/mol. The Labute approximate surface area is 109 Å². The van der Waals surface area contributed by atoms with Crippen molar-refractivity contribution < 1.29 is 9.53 Å². The number of benzene rings is 1. The van der Waals surface area contributed by atoms with Gasteiger partial charge in [0.15, 0.2) is 0 Å². The van der Waals surface area contributed by atoms with E-state index >= 15 is 0 Å². The lowest BCUT2D eigenvalue weighted by molar-refractivity contribution is -0.115. The van der Waals surface area contributed by atoms with Crippen molar-refractivity contribution in [1.82, 2.24) is 5.32 Å². The molecule has 0 heterocycles.